The average Bonchev–Trinajstić information content (AvgIpc) is 2.90. The van der Waals surface area contributed by atoms with Gasteiger partial charge in [0.1, 0.15) is 0 Å². The molecule has 27 heavy (non-hydrogen) atoms. The molecule has 1 aromatic heterocycles. The Labute approximate surface area is 165 Å². The number of hydrogen-bond acceptors (Lipinski definition) is 4. The summed E-state index contributed by atoms with van der Waals surface area (Å²) in [6, 6.07) is 6.48. The van der Waals surface area contributed by atoms with E-state index >= 15 is 0 Å². The summed E-state index contributed by atoms with van der Waals surface area (Å²) >= 11 is 5.87. The molecule has 5 nitrogen and oxygen atoms in total. The van der Waals surface area contributed by atoms with Gasteiger partial charge in [-0.1, -0.05) is 29.3 Å². The molecule has 1 saturated heterocycles. The largest absolute Gasteiger partial charge is 0.341 e. The number of benzene rings is 1. The van der Waals surface area contributed by atoms with Crippen LogP contribution in [0, 0.1) is 12.8 Å². The number of anilines is 2. The van der Waals surface area contributed by atoms with Crippen LogP contribution in [0.15, 0.2) is 30.6 Å². The second kappa shape index (κ2) is 7.85. The van der Waals surface area contributed by atoms with Crippen molar-refractivity contribution >= 4 is 29.1 Å². The summed E-state index contributed by atoms with van der Waals surface area (Å²) in [4.78, 5) is 26.1. The van der Waals surface area contributed by atoms with E-state index in [-0.39, 0.29) is 11.8 Å². The van der Waals surface area contributed by atoms with Crippen LogP contribution in [0.5, 0.6) is 0 Å². The predicted molar refractivity (Wildman–Crippen MR) is 108 cm³/mol. The highest BCUT2D eigenvalue weighted by Gasteiger charge is 2.31. The lowest BCUT2D eigenvalue weighted by Crippen LogP contribution is -2.43. The quantitative estimate of drug-likeness (QED) is 0.784. The van der Waals surface area contributed by atoms with E-state index in [4.69, 9.17) is 11.6 Å². The second-order valence-electron chi connectivity index (χ2n) is 7.54. The van der Waals surface area contributed by atoms with Gasteiger partial charge < -0.3 is 9.80 Å². The first-order valence-corrected chi connectivity index (χ1v) is 10.1. The van der Waals surface area contributed by atoms with E-state index in [0.717, 1.165) is 57.4 Å². The summed E-state index contributed by atoms with van der Waals surface area (Å²) in [5.41, 5.74) is 3.69. The maximum atomic E-state index is 13.3. The Balaban J connectivity index is 1.46. The van der Waals surface area contributed by atoms with Crippen molar-refractivity contribution in [1.82, 2.24) is 9.97 Å². The van der Waals surface area contributed by atoms with Crippen LogP contribution in [0.25, 0.3) is 0 Å². The molecule has 0 saturated carbocycles. The molecule has 0 radical (unpaired) electrons. The molecule has 1 aromatic carbocycles. The lowest BCUT2D eigenvalue weighted by atomic mass is 9.94. The van der Waals surface area contributed by atoms with Gasteiger partial charge in [0.05, 0.1) is 17.4 Å². The van der Waals surface area contributed by atoms with Gasteiger partial charge in [0.15, 0.2) is 0 Å². The first-order chi connectivity index (χ1) is 13.1. The van der Waals surface area contributed by atoms with Crippen LogP contribution in [0.1, 0.15) is 36.8 Å². The first-order valence-electron chi connectivity index (χ1n) is 9.75. The molecule has 142 valence electrons. The first kappa shape index (κ1) is 18.2. The molecule has 0 spiro atoms. The van der Waals surface area contributed by atoms with Crippen molar-refractivity contribution in [3.8, 4) is 0 Å². The standard InChI is InChI=1S/C21H25ClN4O/c1-15-5-6-19-17(12-15)4-2-3-9-26(19)20(27)16-7-10-25(11-8-16)21-23-13-18(22)14-24-21/h5-6,12-14,16H,2-4,7-11H2,1H3. The van der Waals surface area contributed by atoms with E-state index in [1.54, 1.807) is 12.4 Å². The van der Waals surface area contributed by atoms with Crippen LogP contribution in [0.3, 0.4) is 0 Å². The SMILES string of the molecule is Cc1ccc2c(c1)CCCCN2C(=O)C1CCN(c2ncc(Cl)cn2)CC1. The number of amides is 1. The van der Waals surface area contributed by atoms with Gasteiger partial charge in [-0.15, -0.1) is 0 Å². The lowest BCUT2D eigenvalue weighted by molar-refractivity contribution is -0.123. The minimum absolute atomic E-state index is 0.0702. The number of aryl methyl sites for hydroxylation is 2. The van der Waals surface area contributed by atoms with E-state index in [0.29, 0.717) is 11.0 Å². The Morgan fingerprint density at radius 1 is 1.11 bits per heavy atom. The van der Waals surface area contributed by atoms with Gasteiger partial charge in [-0.3, -0.25) is 4.79 Å². The van der Waals surface area contributed by atoms with Crippen molar-refractivity contribution < 1.29 is 4.79 Å². The average molecular weight is 385 g/mol. The van der Waals surface area contributed by atoms with Gasteiger partial charge in [0.2, 0.25) is 11.9 Å². The van der Waals surface area contributed by atoms with E-state index in [2.05, 4.69) is 40.0 Å². The van der Waals surface area contributed by atoms with Crippen LogP contribution in [-0.4, -0.2) is 35.5 Å². The van der Waals surface area contributed by atoms with Crippen LogP contribution in [0.2, 0.25) is 5.02 Å². The van der Waals surface area contributed by atoms with Gasteiger partial charge in [-0.25, -0.2) is 9.97 Å². The Morgan fingerprint density at radius 3 is 2.59 bits per heavy atom. The molecular formula is C21H25ClN4O. The Kier molecular flexibility index (Phi) is 5.30. The number of piperidine rings is 1. The maximum Gasteiger partial charge on any atom is 0.230 e. The van der Waals surface area contributed by atoms with Gasteiger partial charge in [-0.05, 0) is 50.7 Å². The van der Waals surface area contributed by atoms with Crippen LogP contribution in [0.4, 0.5) is 11.6 Å². The number of fused-ring (bicyclic) bond motifs is 1. The molecule has 3 heterocycles. The molecule has 2 aromatic rings. The van der Waals surface area contributed by atoms with Crippen LogP contribution >= 0.6 is 11.6 Å². The highest BCUT2D eigenvalue weighted by atomic mass is 35.5. The van der Waals surface area contributed by atoms with Gasteiger partial charge in [0.25, 0.3) is 0 Å². The van der Waals surface area contributed by atoms with E-state index in [9.17, 15) is 4.79 Å². The molecule has 2 aliphatic rings. The van der Waals surface area contributed by atoms with Crippen molar-refractivity contribution in [3.63, 3.8) is 0 Å². The fourth-order valence-corrected chi connectivity index (χ4v) is 4.23. The number of hydrogen-bond donors (Lipinski definition) is 0. The summed E-state index contributed by atoms with van der Waals surface area (Å²) in [6.45, 7) is 4.54. The zero-order valence-corrected chi connectivity index (χ0v) is 16.5. The number of rotatable bonds is 2. The van der Waals surface area contributed by atoms with Crippen molar-refractivity contribution in [2.24, 2.45) is 5.92 Å². The lowest BCUT2D eigenvalue weighted by Gasteiger charge is -2.34. The molecule has 1 fully saturated rings. The van der Waals surface area contributed by atoms with E-state index in [1.165, 1.54) is 11.1 Å². The van der Waals surface area contributed by atoms with Crippen LogP contribution in [-0.2, 0) is 11.2 Å². The fourth-order valence-electron chi connectivity index (χ4n) is 4.13. The summed E-state index contributed by atoms with van der Waals surface area (Å²) in [5, 5.41) is 0.541. The molecule has 0 N–H and O–H groups in total. The van der Waals surface area contributed by atoms with Crippen LogP contribution < -0.4 is 9.80 Å². The molecule has 0 aliphatic carbocycles. The maximum absolute atomic E-state index is 13.3. The molecule has 6 heteroatoms. The third-order valence-electron chi connectivity index (χ3n) is 5.60. The number of carbonyl (C=O) groups excluding carboxylic acids is 1. The number of carbonyl (C=O) groups is 1. The smallest absolute Gasteiger partial charge is 0.230 e. The molecule has 0 bridgehead atoms. The fraction of sp³-hybridized carbons (Fsp3) is 0.476. The summed E-state index contributed by atoms with van der Waals surface area (Å²) in [5.74, 6) is 1.04. The molecule has 4 rings (SSSR count). The monoisotopic (exact) mass is 384 g/mol. The predicted octanol–water partition coefficient (Wildman–Crippen LogP) is 4.02. The molecule has 2 aliphatic heterocycles. The minimum atomic E-state index is 0.0702. The van der Waals surface area contributed by atoms with Crippen molar-refractivity contribution in [3.05, 3.63) is 46.7 Å². The van der Waals surface area contributed by atoms with Crippen molar-refractivity contribution in [2.45, 2.75) is 39.0 Å². The highest BCUT2D eigenvalue weighted by molar-refractivity contribution is 6.30. The molecule has 0 unspecified atom stereocenters. The Bertz CT molecular complexity index is 815. The second-order valence-corrected chi connectivity index (χ2v) is 7.98. The zero-order chi connectivity index (χ0) is 18.8. The van der Waals surface area contributed by atoms with E-state index in [1.807, 2.05) is 4.90 Å². The number of aromatic nitrogens is 2. The minimum Gasteiger partial charge on any atom is -0.341 e. The summed E-state index contributed by atoms with van der Waals surface area (Å²) in [7, 11) is 0. The molecule has 1 amide bonds. The zero-order valence-electron chi connectivity index (χ0n) is 15.7. The third kappa shape index (κ3) is 3.93. The summed E-state index contributed by atoms with van der Waals surface area (Å²) in [6.07, 6.45) is 8.19. The van der Waals surface area contributed by atoms with Crippen molar-refractivity contribution in [1.29, 1.82) is 0 Å². The van der Waals surface area contributed by atoms with Gasteiger partial charge in [-0.2, -0.15) is 0 Å². The van der Waals surface area contributed by atoms with Crippen molar-refractivity contribution in [2.75, 3.05) is 29.4 Å². The topological polar surface area (TPSA) is 49.3 Å². The van der Waals surface area contributed by atoms with Gasteiger partial charge in [0, 0.05) is 31.2 Å². The number of nitrogens with zero attached hydrogens (tertiary/aromatic N) is 4. The number of halogens is 1. The van der Waals surface area contributed by atoms with Gasteiger partial charge >= 0.3 is 0 Å². The normalized spacial score (nSPS) is 18.1. The Morgan fingerprint density at radius 2 is 1.85 bits per heavy atom. The van der Waals surface area contributed by atoms with E-state index < -0.39 is 0 Å². The summed E-state index contributed by atoms with van der Waals surface area (Å²) < 4.78 is 0. The molecular weight excluding hydrogens is 360 g/mol. The third-order valence-corrected chi connectivity index (χ3v) is 5.80. The Hall–Kier alpha value is -2.14. The molecule has 0 atom stereocenters. The highest BCUT2D eigenvalue weighted by Crippen LogP contribution is 2.31.